The molecule has 94 valence electrons. The van der Waals surface area contributed by atoms with Gasteiger partial charge in [0.25, 0.3) is 0 Å². The number of hydrogen-bond donors (Lipinski definition) is 2. The average Bonchev–Trinajstić information content (AvgIpc) is 2.24. The molecule has 1 fully saturated rings. The topological polar surface area (TPSA) is 50.4 Å². The molecule has 2 atom stereocenters. The van der Waals surface area contributed by atoms with E-state index in [9.17, 15) is 4.79 Å². The van der Waals surface area contributed by atoms with E-state index in [2.05, 4.69) is 17.6 Å². The molecule has 0 bridgehead atoms. The Morgan fingerprint density at radius 2 is 2.25 bits per heavy atom. The van der Waals surface area contributed by atoms with E-state index < -0.39 is 0 Å². The second-order valence-corrected chi connectivity index (χ2v) is 4.91. The van der Waals surface area contributed by atoms with Crippen molar-refractivity contribution < 1.29 is 9.53 Å². The Kier molecular flexibility index (Phi) is 5.77. The van der Waals surface area contributed by atoms with E-state index in [1.165, 1.54) is 0 Å². The van der Waals surface area contributed by atoms with E-state index in [-0.39, 0.29) is 17.9 Å². The summed E-state index contributed by atoms with van der Waals surface area (Å²) < 4.78 is 5.37. The van der Waals surface area contributed by atoms with Crippen molar-refractivity contribution in [3.8, 4) is 0 Å². The maximum atomic E-state index is 11.8. The number of carbonyl (C=O) groups excluding carboxylic acids is 1. The molecule has 2 N–H and O–H groups in total. The molecule has 4 nitrogen and oxygen atoms in total. The van der Waals surface area contributed by atoms with Crippen molar-refractivity contribution in [2.75, 3.05) is 26.2 Å². The summed E-state index contributed by atoms with van der Waals surface area (Å²) in [5.41, 5.74) is 0. The Morgan fingerprint density at radius 3 is 2.88 bits per heavy atom. The van der Waals surface area contributed by atoms with Crippen molar-refractivity contribution >= 4 is 5.91 Å². The van der Waals surface area contributed by atoms with Crippen molar-refractivity contribution in [1.29, 1.82) is 0 Å². The molecule has 1 saturated heterocycles. The third-order valence-corrected chi connectivity index (χ3v) is 2.79. The number of carbonyl (C=O) groups is 1. The van der Waals surface area contributed by atoms with E-state index in [0.717, 1.165) is 19.5 Å². The minimum atomic E-state index is 0.128. The molecule has 0 spiro atoms. The maximum Gasteiger partial charge on any atom is 0.224 e. The van der Waals surface area contributed by atoms with Gasteiger partial charge in [0, 0.05) is 13.1 Å². The highest BCUT2D eigenvalue weighted by Gasteiger charge is 2.24. The third kappa shape index (κ3) is 4.94. The zero-order valence-corrected chi connectivity index (χ0v) is 10.6. The maximum absolute atomic E-state index is 11.8. The molecule has 0 radical (unpaired) electrons. The Labute approximate surface area is 98.1 Å². The van der Waals surface area contributed by atoms with Crippen LogP contribution in [0.15, 0.2) is 0 Å². The fourth-order valence-electron chi connectivity index (χ4n) is 1.97. The molecule has 1 aliphatic rings. The Balaban J connectivity index is 2.14. The van der Waals surface area contributed by atoms with Gasteiger partial charge in [-0.15, -0.1) is 0 Å². The van der Waals surface area contributed by atoms with E-state index in [4.69, 9.17) is 4.74 Å². The van der Waals surface area contributed by atoms with Crippen molar-refractivity contribution in [2.24, 2.45) is 11.8 Å². The van der Waals surface area contributed by atoms with E-state index in [1.807, 2.05) is 13.8 Å². The first-order chi connectivity index (χ1) is 7.59. The van der Waals surface area contributed by atoms with Gasteiger partial charge in [-0.05, 0) is 32.7 Å². The third-order valence-electron chi connectivity index (χ3n) is 2.79. The second kappa shape index (κ2) is 6.86. The van der Waals surface area contributed by atoms with Crippen molar-refractivity contribution in [1.82, 2.24) is 10.6 Å². The molecule has 4 heteroatoms. The molecule has 0 aromatic carbocycles. The molecule has 1 rings (SSSR count). The first-order valence-corrected chi connectivity index (χ1v) is 6.19. The number of hydrogen-bond acceptors (Lipinski definition) is 3. The first kappa shape index (κ1) is 13.5. The summed E-state index contributed by atoms with van der Waals surface area (Å²) in [6.07, 6.45) is 1.22. The average molecular weight is 228 g/mol. The molecule has 1 heterocycles. The summed E-state index contributed by atoms with van der Waals surface area (Å²) in [6.45, 7) is 9.21. The summed E-state index contributed by atoms with van der Waals surface area (Å²) in [5, 5.41) is 6.21. The molecule has 0 aliphatic carbocycles. The number of nitrogens with one attached hydrogen (secondary N) is 2. The van der Waals surface area contributed by atoms with Crippen LogP contribution in [0.1, 0.15) is 27.2 Å². The van der Waals surface area contributed by atoms with Crippen LogP contribution in [0.5, 0.6) is 0 Å². The van der Waals surface area contributed by atoms with Crippen LogP contribution in [0.4, 0.5) is 0 Å². The fourth-order valence-corrected chi connectivity index (χ4v) is 1.97. The number of amides is 1. The monoisotopic (exact) mass is 228 g/mol. The zero-order chi connectivity index (χ0) is 12.0. The summed E-state index contributed by atoms with van der Waals surface area (Å²) >= 11 is 0. The Bertz CT molecular complexity index is 219. The highest BCUT2D eigenvalue weighted by atomic mass is 16.5. The van der Waals surface area contributed by atoms with Gasteiger partial charge in [-0.1, -0.05) is 6.92 Å². The molecule has 0 saturated carbocycles. The lowest BCUT2D eigenvalue weighted by Crippen LogP contribution is -2.44. The van der Waals surface area contributed by atoms with Gasteiger partial charge < -0.3 is 15.4 Å². The van der Waals surface area contributed by atoms with Gasteiger partial charge in [0.15, 0.2) is 0 Å². The zero-order valence-electron chi connectivity index (χ0n) is 10.6. The summed E-state index contributed by atoms with van der Waals surface area (Å²) in [4.78, 5) is 11.8. The lowest BCUT2D eigenvalue weighted by atomic mass is 9.91. The van der Waals surface area contributed by atoms with Crippen LogP contribution in [-0.2, 0) is 9.53 Å². The van der Waals surface area contributed by atoms with Gasteiger partial charge >= 0.3 is 0 Å². The van der Waals surface area contributed by atoms with Crippen molar-refractivity contribution in [3.63, 3.8) is 0 Å². The van der Waals surface area contributed by atoms with E-state index >= 15 is 0 Å². The van der Waals surface area contributed by atoms with Crippen LogP contribution < -0.4 is 10.6 Å². The van der Waals surface area contributed by atoms with Gasteiger partial charge in [-0.25, -0.2) is 0 Å². The SMILES string of the molecule is CC1CNCC(C(=O)NCCOC(C)C)C1. The Hall–Kier alpha value is -0.610. The van der Waals surface area contributed by atoms with Gasteiger partial charge in [-0.2, -0.15) is 0 Å². The summed E-state index contributed by atoms with van der Waals surface area (Å²) in [6, 6.07) is 0. The highest BCUT2D eigenvalue weighted by molar-refractivity contribution is 5.78. The molecule has 0 aromatic rings. The van der Waals surface area contributed by atoms with Gasteiger partial charge in [0.1, 0.15) is 0 Å². The van der Waals surface area contributed by atoms with Gasteiger partial charge in [0.05, 0.1) is 18.6 Å². The largest absolute Gasteiger partial charge is 0.377 e. The van der Waals surface area contributed by atoms with Gasteiger partial charge in [0.2, 0.25) is 5.91 Å². The molecular weight excluding hydrogens is 204 g/mol. The second-order valence-electron chi connectivity index (χ2n) is 4.91. The molecule has 1 aliphatic heterocycles. The van der Waals surface area contributed by atoms with E-state index in [1.54, 1.807) is 0 Å². The molecule has 0 aromatic heterocycles. The number of piperidine rings is 1. The molecule has 16 heavy (non-hydrogen) atoms. The lowest BCUT2D eigenvalue weighted by Gasteiger charge is -2.26. The smallest absolute Gasteiger partial charge is 0.224 e. The highest BCUT2D eigenvalue weighted by Crippen LogP contribution is 2.15. The van der Waals surface area contributed by atoms with Crippen LogP contribution >= 0.6 is 0 Å². The minimum absolute atomic E-state index is 0.128. The molecule has 2 unspecified atom stereocenters. The van der Waals surface area contributed by atoms with Crippen LogP contribution in [-0.4, -0.2) is 38.3 Å². The Morgan fingerprint density at radius 1 is 1.50 bits per heavy atom. The standard InChI is InChI=1S/C12H24N2O2/c1-9(2)16-5-4-14-12(15)11-6-10(3)7-13-8-11/h9-11,13H,4-8H2,1-3H3,(H,14,15). The predicted molar refractivity (Wildman–Crippen MR) is 64.2 cm³/mol. The van der Waals surface area contributed by atoms with Crippen LogP contribution in [0, 0.1) is 11.8 Å². The number of rotatable bonds is 5. The predicted octanol–water partition coefficient (Wildman–Crippen LogP) is 0.773. The van der Waals surface area contributed by atoms with Crippen LogP contribution in [0.25, 0.3) is 0 Å². The van der Waals surface area contributed by atoms with E-state index in [0.29, 0.717) is 19.1 Å². The molecule has 1 amide bonds. The summed E-state index contributed by atoms with van der Waals surface area (Å²) in [7, 11) is 0. The number of ether oxygens (including phenoxy) is 1. The van der Waals surface area contributed by atoms with Crippen LogP contribution in [0.2, 0.25) is 0 Å². The van der Waals surface area contributed by atoms with Crippen molar-refractivity contribution in [2.45, 2.75) is 33.3 Å². The minimum Gasteiger partial charge on any atom is -0.377 e. The van der Waals surface area contributed by atoms with Gasteiger partial charge in [-0.3, -0.25) is 4.79 Å². The first-order valence-electron chi connectivity index (χ1n) is 6.19. The normalized spacial score (nSPS) is 25.8. The molecular formula is C12H24N2O2. The summed E-state index contributed by atoms with van der Waals surface area (Å²) in [5.74, 6) is 0.880. The van der Waals surface area contributed by atoms with Crippen LogP contribution in [0.3, 0.4) is 0 Å². The fraction of sp³-hybridized carbons (Fsp3) is 0.917. The van der Waals surface area contributed by atoms with Crippen molar-refractivity contribution in [3.05, 3.63) is 0 Å². The quantitative estimate of drug-likeness (QED) is 0.684. The lowest BCUT2D eigenvalue weighted by molar-refractivity contribution is -0.126.